The number of benzene rings is 2. The first-order valence-electron chi connectivity index (χ1n) is 6.73. The molecular formula is C16H16ClF2NO. The Labute approximate surface area is 127 Å². The highest BCUT2D eigenvalue weighted by atomic mass is 35.5. The SMILES string of the molecule is CCCNCc1cc(F)ccc1Oc1cccc(Cl)c1F. The summed E-state index contributed by atoms with van der Waals surface area (Å²) in [6.45, 7) is 3.29. The highest BCUT2D eigenvalue weighted by Crippen LogP contribution is 2.31. The minimum Gasteiger partial charge on any atom is -0.454 e. The number of hydrogen-bond acceptors (Lipinski definition) is 2. The van der Waals surface area contributed by atoms with Gasteiger partial charge in [0.1, 0.15) is 11.6 Å². The van der Waals surface area contributed by atoms with Crippen molar-refractivity contribution >= 4 is 11.6 Å². The minimum absolute atomic E-state index is 0.0136. The monoisotopic (exact) mass is 311 g/mol. The van der Waals surface area contributed by atoms with Gasteiger partial charge in [0, 0.05) is 12.1 Å². The smallest absolute Gasteiger partial charge is 0.184 e. The number of rotatable bonds is 6. The Bertz CT molecular complexity index is 619. The van der Waals surface area contributed by atoms with Crippen LogP contribution in [-0.4, -0.2) is 6.54 Å². The molecule has 0 saturated heterocycles. The molecule has 0 unspecified atom stereocenters. The zero-order valence-electron chi connectivity index (χ0n) is 11.6. The molecule has 21 heavy (non-hydrogen) atoms. The Morgan fingerprint density at radius 2 is 1.95 bits per heavy atom. The maximum absolute atomic E-state index is 13.9. The summed E-state index contributed by atoms with van der Waals surface area (Å²) >= 11 is 5.72. The molecule has 0 aliphatic rings. The fraction of sp³-hybridized carbons (Fsp3) is 0.250. The molecule has 0 heterocycles. The second-order valence-electron chi connectivity index (χ2n) is 4.58. The van der Waals surface area contributed by atoms with Crippen LogP contribution in [0.5, 0.6) is 11.5 Å². The van der Waals surface area contributed by atoms with Crippen LogP contribution in [0.1, 0.15) is 18.9 Å². The van der Waals surface area contributed by atoms with Gasteiger partial charge in [-0.25, -0.2) is 8.78 Å². The quantitative estimate of drug-likeness (QED) is 0.765. The van der Waals surface area contributed by atoms with Gasteiger partial charge in [0.05, 0.1) is 5.02 Å². The summed E-state index contributed by atoms with van der Waals surface area (Å²) in [5, 5.41) is 3.15. The molecule has 0 aliphatic heterocycles. The Morgan fingerprint density at radius 1 is 1.14 bits per heavy atom. The van der Waals surface area contributed by atoms with Crippen LogP contribution >= 0.6 is 11.6 Å². The zero-order valence-corrected chi connectivity index (χ0v) is 12.4. The molecule has 0 fully saturated rings. The largest absolute Gasteiger partial charge is 0.454 e. The van der Waals surface area contributed by atoms with Gasteiger partial charge in [0.25, 0.3) is 0 Å². The van der Waals surface area contributed by atoms with Gasteiger partial charge in [-0.2, -0.15) is 0 Å². The van der Waals surface area contributed by atoms with Crippen LogP contribution in [0.25, 0.3) is 0 Å². The third-order valence-electron chi connectivity index (χ3n) is 2.90. The van der Waals surface area contributed by atoms with Gasteiger partial charge in [-0.15, -0.1) is 0 Å². The van der Waals surface area contributed by atoms with Crippen LogP contribution in [-0.2, 0) is 6.54 Å². The van der Waals surface area contributed by atoms with E-state index < -0.39 is 5.82 Å². The van der Waals surface area contributed by atoms with Crippen molar-refractivity contribution in [1.82, 2.24) is 5.32 Å². The van der Waals surface area contributed by atoms with E-state index in [-0.39, 0.29) is 16.6 Å². The summed E-state index contributed by atoms with van der Waals surface area (Å²) in [4.78, 5) is 0. The number of nitrogens with one attached hydrogen (secondary N) is 1. The van der Waals surface area contributed by atoms with E-state index in [9.17, 15) is 8.78 Å². The highest BCUT2D eigenvalue weighted by molar-refractivity contribution is 6.30. The lowest BCUT2D eigenvalue weighted by atomic mass is 10.2. The molecule has 0 atom stereocenters. The average molecular weight is 312 g/mol. The van der Waals surface area contributed by atoms with Gasteiger partial charge in [0.2, 0.25) is 0 Å². The number of ether oxygens (including phenoxy) is 1. The van der Waals surface area contributed by atoms with E-state index in [0.29, 0.717) is 17.9 Å². The Morgan fingerprint density at radius 3 is 2.71 bits per heavy atom. The molecule has 0 saturated carbocycles. The molecule has 1 N–H and O–H groups in total. The Kier molecular flexibility index (Phi) is 5.53. The van der Waals surface area contributed by atoms with Crippen molar-refractivity contribution in [2.45, 2.75) is 19.9 Å². The first kappa shape index (κ1) is 15.7. The maximum atomic E-state index is 13.9. The molecule has 0 aromatic heterocycles. The van der Waals surface area contributed by atoms with Crippen molar-refractivity contribution in [2.24, 2.45) is 0 Å². The third-order valence-corrected chi connectivity index (χ3v) is 3.19. The molecule has 2 nitrogen and oxygen atoms in total. The minimum atomic E-state index is -0.629. The van der Waals surface area contributed by atoms with E-state index in [4.69, 9.17) is 16.3 Å². The second-order valence-corrected chi connectivity index (χ2v) is 4.99. The van der Waals surface area contributed by atoms with E-state index >= 15 is 0 Å². The molecule has 112 valence electrons. The van der Waals surface area contributed by atoms with Gasteiger partial charge in [0.15, 0.2) is 11.6 Å². The maximum Gasteiger partial charge on any atom is 0.184 e. The van der Waals surface area contributed by atoms with E-state index in [1.165, 1.54) is 30.3 Å². The zero-order chi connectivity index (χ0) is 15.2. The van der Waals surface area contributed by atoms with Gasteiger partial charge >= 0.3 is 0 Å². The molecular weight excluding hydrogens is 296 g/mol. The number of halogens is 3. The van der Waals surface area contributed by atoms with Crippen LogP contribution in [0.15, 0.2) is 36.4 Å². The van der Waals surface area contributed by atoms with Crippen LogP contribution < -0.4 is 10.1 Å². The van der Waals surface area contributed by atoms with Crippen LogP contribution in [0.2, 0.25) is 5.02 Å². The van der Waals surface area contributed by atoms with E-state index in [2.05, 4.69) is 5.32 Å². The van der Waals surface area contributed by atoms with Crippen LogP contribution in [0, 0.1) is 11.6 Å². The van der Waals surface area contributed by atoms with E-state index in [1.807, 2.05) is 6.92 Å². The van der Waals surface area contributed by atoms with Crippen molar-refractivity contribution < 1.29 is 13.5 Å². The predicted molar refractivity (Wildman–Crippen MR) is 79.9 cm³/mol. The third kappa shape index (κ3) is 4.16. The van der Waals surface area contributed by atoms with Gasteiger partial charge < -0.3 is 10.1 Å². The van der Waals surface area contributed by atoms with Crippen molar-refractivity contribution in [2.75, 3.05) is 6.54 Å². The molecule has 0 radical (unpaired) electrons. The topological polar surface area (TPSA) is 21.3 Å². The summed E-state index contributed by atoms with van der Waals surface area (Å²) < 4.78 is 32.8. The summed E-state index contributed by atoms with van der Waals surface area (Å²) in [7, 11) is 0. The van der Waals surface area contributed by atoms with Gasteiger partial charge in [-0.05, 0) is 43.3 Å². The van der Waals surface area contributed by atoms with Crippen molar-refractivity contribution in [3.63, 3.8) is 0 Å². The second kappa shape index (κ2) is 7.38. The van der Waals surface area contributed by atoms with Crippen molar-refractivity contribution in [3.05, 3.63) is 58.6 Å². The molecule has 2 aromatic carbocycles. The lowest BCUT2D eigenvalue weighted by molar-refractivity contribution is 0.434. The summed E-state index contributed by atoms with van der Waals surface area (Å²) in [5.41, 5.74) is 0.628. The fourth-order valence-electron chi connectivity index (χ4n) is 1.87. The molecule has 0 bridgehead atoms. The normalized spacial score (nSPS) is 10.7. The summed E-state index contributed by atoms with van der Waals surface area (Å²) in [6.07, 6.45) is 0.967. The highest BCUT2D eigenvalue weighted by Gasteiger charge is 2.11. The Hall–Kier alpha value is -1.65. The average Bonchev–Trinajstić information content (AvgIpc) is 2.46. The summed E-state index contributed by atoms with van der Waals surface area (Å²) in [6, 6.07) is 8.66. The Balaban J connectivity index is 2.24. The van der Waals surface area contributed by atoms with Crippen molar-refractivity contribution in [1.29, 1.82) is 0 Å². The first-order valence-corrected chi connectivity index (χ1v) is 7.10. The standard InChI is InChI=1S/C16H16ClF2NO/c1-2-8-20-10-11-9-12(18)6-7-14(11)21-15-5-3-4-13(17)16(15)19/h3-7,9,20H,2,8,10H2,1H3. The van der Waals surface area contributed by atoms with E-state index in [1.54, 1.807) is 6.07 Å². The predicted octanol–water partition coefficient (Wildman–Crippen LogP) is 4.91. The molecule has 0 spiro atoms. The lowest BCUT2D eigenvalue weighted by Crippen LogP contribution is -2.14. The molecule has 0 aliphatic carbocycles. The first-order chi connectivity index (χ1) is 10.1. The molecule has 5 heteroatoms. The van der Waals surface area contributed by atoms with Gasteiger partial charge in [-0.1, -0.05) is 24.6 Å². The number of hydrogen-bond donors (Lipinski definition) is 1. The molecule has 2 aromatic rings. The molecule has 0 amide bonds. The van der Waals surface area contributed by atoms with Gasteiger partial charge in [-0.3, -0.25) is 0 Å². The van der Waals surface area contributed by atoms with Crippen molar-refractivity contribution in [3.8, 4) is 11.5 Å². The van der Waals surface area contributed by atoms with Crippen LogP contribution in [0.3, 0.4) is 0 Å². The lowest BCUT2D eigenvalue weighted by Gasteiger charge is -2.13. The van der Waals surface area contributed by atoms with Crippen LogP contribution in [0.4, 0.5) is 8.78 Å². The molecule has 2 rings (SSSR count). The summed E-state index contributed by atoms with van der Waals surface area (Å²) in [5.74, 6) is -0.565. The fourth-order valence-corrected chi connectivity index (χ4v) is 2.03. The van der Waals surface area contributed by atoms with E-state index in [0.717, 1.165) is 13.0 Å².